The first-order valence-corrected chi connectivity index (χ1v) is 11.9. The number of halogens is 1. The van der Waals surface area contributed by atoms with Crippen molar-refractivity contribution >= 4 is 29.3 Å². The number of hydrogen-bond donors (Lipinski definition) is 2. The Labute approximate surface area is 197 Å². The van der Waals surface area contributed by atoms with Crippen LogP contribution in [0.25, 0.3) is 0 Å². The maximum atomic E-state index is 13.5. The van der Waals surface area contributed by atoms with E-state index in [4.69, 9.17) is 16.0 Å². The minimum Gasteiger partial charge on any atom is -0.467 e. The first-order chi connectivity index (χ1) is 16.1. The molecule has 2 N–H and O–H groups in total. The van der Waals surface area contributed by atoms with Crippen molar-refractivity contribution in [2.24, 2.45) is 11.0 Å². The molecule has 3 unspecified atom stereocenters. The molecule has 174 valence electrons. The molecule has 1 aromatic carbocycles. The summed E-state index contributed by atoms with van der Waals surface area (Å²) in [6.45, 7) is 0.858. The van der Waals surface area contributed by atoms with Crippen molar-refractivity contribution in [1.29, 1.82) is 0 Å². The van der Waals surface area contributed by atoms with Crippen molar-refractivity contribution in [2.75, 3.05) is 0 Å². The molecule has 0 spiro atoms. The zero-order valence-corrected chi connectivity index (χ0v) is 19.1. The summed E-state index contributed by atoms with van der Waals surface area (Å²) in [6.07, 6.45) is 6.13. The van der Waals surface area contributed by atoms with Crippen LogP contribution in [0.4, 0.5) is 0 Å². The van der Waals surface area contributed by atoms with Gasteiger partial charge in [-0.25, -0.2) is 0 Å². The zero-order valence-electron chi connectivity index (χ0n) is 18.4. The van der Waals surface area contributed by atoms with Crippen molar-refractivity contribution < 1.29 is 14.0 Å². The number of benzene rings is 1. The first kappa shape index (κ1) is 21.8. The van der Waals surface area contributed by atoms with Crippen LogP contribution in [0.3, 0.4) is 0 Å². The molecule has 8 nitrogen and oxygen atoms in total. The Morgan fingerprint density at radius 3 is 2.82 bits per heavy atom. The minimum atomic E-state index is -0.325. The smallest absolute Gasteiger partial charge is 0.231 e. The van der Waals surface area contributed by atoms with Crippen LogP contribution in [-0.2, 0) is 22.7 Å². The molecule has 1 aromatic heterocycles. The Balaban J connectivity index is 1.28. The van der Waals surface area contributed by atoms with E-state index in [-0.39, 0.29) is 30.1 Å². The number of amides is 2. The van der Waals surface area contributed by atoms with E-state index in [2.05, 4.69) is 20.7 Å². The van der Waals surface area contributed by atoms with E-state index >= 15 is 0 Å². The van der Waals surface area contributed by atoms with Crippen LogP contribution < -0.4 is 10.7 Å². The van der Waals surface area contributed by atoms with Crippen LogP contribution in [0.5, 0.6) is 0 Å². The van der Waals surface area contributed by atoms with Crippen LogP contribution in [-0.4, -0.2) is 39.8 Å². The fourth-order valence-electron chi connectivity index (χ4n) is 5.10. The fourth-order valence-corrected chi connectivity index (χ4v) is 5.23. The summed E-state index contributed by atoms with van der Waals surface area (Å²) in [5.74, 6) is 1.65. The molecular weight excluding hydrogens is 442 g/mol. The second-order valence-corrected chi connectivity index (χ2v) is 9.28. The normalized spacial score (nSPS) is 24.1. The van der Waals surface area contributed by atoms with Crippen molar-refractivity contribution in [3.8, 4) is 0 Å². The van der Waals surface area contributed by atoms with Gasteiger partial charge in [-0.05, 0) is 42.7 Å². The molecule has 1 aliphatic carbocycles. The van der Waals surface area contributed by atoms with E-state index in [0.29, 0.717) is 31.0 Å². The lowest BCUT2D eigenvalue weighted by molar-refractivity contribution is -0.156. The molecule has 1 saturated heterocycles. The molecular formula is C24H28ClN5O3. The van der Waals surface area contributed by atoms with Gasteiger partial charge in [-0.2, -0.15) is 5.10 Å². The van der Waals surface area contributed by atoms with E-state index in [1.165, 1.54) is 0 Å². The molecule has 1 saturated carbocycles. The summed E-state index contributed by atoms with van der Waals surface area (Å²) < 4.78 is 5.27. The number of fused-ring (bicyclic) bond motifs is 3. The van der Waals surface area contributed by atoms with E-state index in [1.807, 2.05) is 35.2 Å². The lowest BCUT2D eigenvalue weighted by atomic mass is 9.80. The Morgan fingerprint density at radius 1 is 1.21 bits per heavy atom. The highest BCUT2D eigenvalue weighted by Gasteiger charge is 2.50. The van der Waals surface area contributed by atoms with Gasteiger partial charge in [-0.15, -0.1) is 0 Å². The quantitative estimate of drug-likeness (QED) is 0.648. The van der Waals surface area contributed by atoms with Gasteiger partial charge in [-0.1, -0.05) is 36.6 Å². The number of rotatable bonds is 7. The first-order valence-electron chi connectivity index (χ1n) is 11.5. The maximum Gasteiger partial charge on any atom is 0.231 e. The molecule has 2 amide bonds. The fraction of sp³-hybridized carbons (Fsp3) is 0.458. The average Bonchev–Trinajstić information content (AvgIpc) is 3.50. The van der Waals surface area contributed by atoms with Gasteiger partial charge in [-0.3, -0.25) is 19.9 Å². The molecule has 0 bridgehead atoms. The second-order valence-electron chi connectivity index (χ2n) is 8.85. The van der Waals surface area contributed by atoms with E-state index in [9.17, 15) is 9.59 Å². The maximum absolute atomic E-state index is 13.5. The van der Waals surface area contributed by atoms with Gasteiger partial charge in [0.1, 0.15) is 11.6 Å². The van der Waals surface area contributed by atoms with Crippen LogP contribution in [0, 0.1) is 5.92 Å². The van der Waals surface area contributed by atoms with E-state index in [0.717, 1.165) is 42.8 Å². The minimum absolute atomic E-state index is 0.0415. The molecule has 33 heavy (non-hydrogen) atoms. The van der Waals surface area contributed by atoms with Crippen molar-refractivity contribution in [2.45, 2.75) is 63.9 Å². The van der Waals surface area contributed by atoms with E-state index in [1.54, 1.807) is 12.3 Å². The molecule has 3 aliphatic rings. The third kappa shape index (κ3) is 4.57. The van der Waals surface area contributed by atoms with Gasteiger partial charge < -0.3 is 14.6 Å². The molecule has 2 fully saturated rings. The monoisotopic (exact) mass is 469 g/mol. The summed E-state index contributed by atoms with van der Waals surface area (Å²) in [6, 6.07) is 11.3. The topological polar surface area (TPSA) is 90.2 Å². The third-order valence-corrected chi connectivity index (χ3v) is 6.99. The van der Waals surface area contributed by atoms with Gasteiger partial charge in [0, 0.05) is 30.5 Å². The summed E-state index contributed by atoms with van der Waals surface area (Å²) in [7, 11) is 0. The number of amidine groups is 1. The van der Waals surface area contributed by atoms with Crippen molar-refractivity contribution in [3.05, 3.63) is 59.0 Å². The van der Waals surface area contributed by atoms with Crippen molar-refractivity contribution in [3.63, 3.8) is 0 Å². The molecule has 5 rings (SSSR count). The van der Waals surface area contributed by atoms with Gasteiger partial charge in [0.25, 0.3) is 0 Å². The van der Waals surface area contributed by atoms with Crippen molar-refractivity contribution in [1.82, 2.24) is 20.5 Å². The lowest BCUT2D eigenvalue weighted by Gasteiger charge is -2.50. The summed E-state index contributed by atoms with van der Waals surface area (Å²) in [5.41, 5.74) is 4.20. The number of carbonyl (C=O) groups is 2. The van der Waals surface area contributed by atoms with Gasteiger partial charge in [0.05, 0.1) is 18.7 Å². The number of furan rings is 1. The molecule has 9 heteroatoms. The van der Waals surface area contributed by atoms with Gasteiger partial charge in [0.15, 0.2) is 6.29 Å². The van der Waals surface area contributed by atoms with Gasteiger partial charge in [0.2, 0.25) is 11.8 Å². The standard InChI is InChI=1S/C24H28ClN5O3/c25-17-9-7-16(8-10-17)15-29-23(32)19-5-1-2-6-20(19)30-21(27-28-24(29)30)11-12-22(31)26-14-18-4-3-13-33-18/h3-4,7-10,13,19-20,24,28H,1-2,5-6,11-12,14-15H2,(H,26,31). The molecule has 2 aliphatic heterocycles. The zero-order chi connectivity index (χ0) is 22.8. The molecule has 2 aromatic rings. The Hall–Kier alpha value is -3.00. The molecule has 3 heterocycles. The molecule has 3 atom stereocenters. The number of nitrogens with one attached hydrogen (secondary N) is 2. The van der Waals surface area contributed by atoms with Crippen LogP contribution in [0.2, 0.25) is 5.02 Å². The van der Waals surface area contributed by atoms with Crippen LogP contribution in [0.1, 0.15) is 49.8 Å². The Morgan fingerprint density at radius 2 is 2.03 bits per heavy atom. The van der Waals surface area contributed by atoms with E-state index < -0.39 is 0 Å². The second kappa shape index (κ2) is 9.47. The van der Waals surface area contributed by atoms with Gasteiger partial charge >= 0.3 is 0 Å². The predicted octanol–water partition coefficient (Wildman–Crippen LogP) is 3.43. The van der Waals surface area contributed by atoms with Crippen LogP contribution >= 0.6 is 11.6 Å². The summed E-state index contributed by atoms with van der Waals surface area (Å²) in [4.78, 5) is 30.0. The number of nitrogens with zero attached hydrogens (tertiary/aromatic N) is 3. The number of carbonyl (C=O) groups excluding carboxylic acids is 2. The highest BCUT2D eigenvalue weighted by Crippen LogP contribution is 2.38. The summed E-state index contributed by atoms with van der Waals surface area (Å²) >= 11 is 6.04. The number of hydrogen-bond acceptors (Lipinski definition) is 6. The molecule has 0 radical (unpaired) electrons. The highest BCUT2D eigenvalue weighted by atomic mass is 35.5. The summed E-state index contributed by atoms with van der Waals surface area (Å²) in [5, 5.41) is 8.13. The SMILES string of the molecule is O=C(CCC1=NNC2N(Cc3ccc(Cl)cc3)C(=O)C3CCCCC3N12)NCc1ccco1. The Bertz CT molecular complexity index is 1020. The third-order valence-electron chi connectivity index (χ3n) is 6.73. The predicted molar refractivity (Wildman–Crippen MR) is 124 cm³/mol. The number of hydrazone groups is 1. The average molecular weight is 470 g/mol. The largest absolute Gasteiger partial charge is 0.467 e. The lowest BCUT2D eigenvalue weighted by Crippen LogP contribution is -2.67. The Kier molecular flexibility index (Phi) is 6.26. The van der Waals surface area contributed by atoms with Crippen LogP contribution in [0.15, 0.2) is 52.2 Å². The highest BCUT2D eigenvalue weighted by molar-refractivity contribution is 6.30.